The molecule has 0 saturated heterocycles. The monoisotopic (exact) mass is 606 g/mol. The number of ether oxygens (including phenoxy) is 1. The van der Waals surface area contributed by atoms with Crippen LogP contribution in [0.25, 0.3) is 5.57 Å². The maximum Gasteiger partial charge on any atom is 0.295 e. The Labute approximate surface area is 260 Å². The van der Waals surface area contributed by atoms with E-state index in [4.69, 9.17) is 9.73 Å². The van der Waals surface area contributed by atoms with Crippen molar-refractivity contribution in [1.29, 1.82) is 0 Å². The van der Waals surface area contributed by atoms with E-state index in [2.05, 4.69) is 64.2 Å². The van der Waals surface area contributed by atoms with Crippen molar-refractivity contribution >= 4 is 32.8 Å². The second kappa shape index (κ2) is 10.8. The second-order valence-corrected chi connectivity index (χ2v) is 14.2. The van der Waals surface area contributed by atoms with E-state index in [1.807, 2.05) is 43.3 Å². The molecule has 3 aliphatic rings. The van der Waals surface area contributed by atoms with Gasteiger partial charge in [-0.05, 0) is 75.1 Å². The minimum Gasteiger partial charge on any atom is -0.482 e. The van der Waals surface area contributed by atoms with Crippen LogP contribution in [0.1, 0.15) is 62.8 Å². The molecule has 0 saturated carbocycles. The number of rotatable bonds is 5. The van der Waals surface area contributed by atoms with Gasteiger partial charge >= 0.3 is 0 Å². The van der Waals surface area contributed by atoms with Gasteiger partial charge in [0, 0.05) is 57.3 Å². The summed E-state index contributed by atoms with van der Waals surface area (Å²) in [6.45, 7) is 12.7. The zero-order valence-corrected chi connectivity index (χ0v) is 26.8. The van der Waals surface area contributed by atoms with Gasteiger partial charge in [0.05, 0.1) is 5.69 Å². The molecule has 0 fully saturated rings. The Hall–Kier alpha value is -4.20. The number of benzene rings is 3. The van der Waals surface area contributed by atoms with E-state index in [9.17, 15) is 13.0 Å². The molecule has 3 aromatic rings. The van der Waals surface area contributed by atoms with Crippen molar-refractivity contribution < 1.29 is 17.7 Å². The normalized spacial score (nSPS) is 21.7. The molecule has 2 N–H and O–H groups in total. The fourth-order valence-corrected chi connectivity index (χ4v) is 7.32. The van der Waals surface area contributed by atoms with Crippen molar-refractivity contribution in [1.82, 2.24) is 0 Å². The zero-order chi connectivity index (χ0) is 31.4. The molecule has 1 atom stereocenters. The Bertz CT molecular complexity index is 1940. The number of fused-ring (bicyclic) bond motifs is 2. The van der Waals surface area contributed by atoms with Crippen LogP contribution in [0, 0.1) is 19.3 Å². The van der Waals surface area contributed by atoms with E-state index in [-0.39, 0.29) is 10.3 Å². The smallest absolute Gasteiger partial charge is 0.295 e. The van der Waals surface area contributed by atoms with Gasteiger partial charge in [-0.1, -0.05) is 68.5 Å². The fourth-order valence-electron chi connectivity index (χ4n) is 6.63. The van der Waals surface area contributed by atoms with Crippen LogP contribution >= 0.6 is 0 Å². The summed E-state index contributed by atoms with van der Waals surface area (Å²) in [5, 5.41) is 3.66. The number of aryl methyl sites for hydroxylation is 2. The van der Waals surface area contributed by atoms with Gasteiger partial charge in [0.25, 0.3) is 10.1 Å². The molecule has 0 spiro atoms. The van der Waals surface area contributed by atoms with Crippen molar-refractivity contribution in [3.63, 3.8) is 0 Å². The molecule has 0 radical (unpaired) electrons. The van der Waals surface area contributed by atoms with Crippen molar-refractivity contribution in [3.05, 3.63) is 124 Å². The SMILES string of the molecule is CC1=C(Nc2ccc3c(c2)OC2(C)CC(=Nc4c(C)cccc4C)C=CC2=C3c2ccccc2S(=O)(=O)O)C(C)(C)CC=C1. The fraction of sp³-hybridized carbons (Fsp3) is 0.270. The molecule has 0 aromatic heterocycles. The molecule has 6 nitrogen and oxygen atoms in total. The first kappa shape index (κ1) is 29.9. The van der Waals surface area contributed by atoms with Crippen LogP contribution in [0.4, 0.5) is 11.4 Å². The minimum absolute atomic E-state index is 0.0541. The number of para-hydroxylation sites is 1. The number of nitrogens with one attached hydrogen (secondary N) is 1. The quantitative estimate of drug-likeness (QED) is 0.283. The topological polar surface area (TPSA) is 88.0 Å². The molecule has 44 heavy (non-hydrogen) atoms. The van der Waals surface area contributed by atoms with E-state index in [0.29, 0.717) is 23.3 Å². The van der Waals surface area contributed by atoms with Gasteiger partial charge in [-0.15, -0.1) is 0 Å². The summed E-state index contributed by atoms with van der Waals surface area (Å²) in [7, 11) is -4.50. The number of nitrogens with zero attached hydrogens (tertiary/aromatic N) is 1. The molecular formula is C37H38N2O4S. The highest BCUT2D eigenvalue weighted by molar-refractivity contribution is 7.86. The van der Waals surface area contributed by atoms with Gasteiger partial charge in [-0.3, -0.25) is 9.55 Å². The summed E-state index contributed by atoms with van der Waals surface area (Å²) in [6.07, 6.45) is 9.72. The Kier molecular flexibility index (Phi) is 7.30. The van der Waals surface area contributed by atoms with E-state index >= 15 is 0 Å². The first-order valence-electron chi connectivity index (χ1n) is 14.9. The molecule has 226 valence electrons. The second-order valence-electron chi connectivity index (χ2n) is 12.8. The van der Waals surface area contributed by atoms with Crippen LogP contribution in [0.2, 0.25) is 0 Å². The highest BCUT2D eigenvalue weighted by Crippen LogP contribution is 2.50. The highest BCUT2D eigenvalue weighted by atomic mass is 32.2. The van der Waals surface area contributed by atoms with Crippen LogP contribution < -0.4 is 10.1 Å². The van der Waals surface area contributed by atoms with Crippen LogP contribution in [0.5, 0.6) is 5.75 Å². The van der Waals surface area contributed by atoms with Crippen molar-refractivity contribution in [2.24, 2.45) is 10.4 Å². The lowest BCUT2D eigenvalue weighted by molar-refractivity contribution is 0.134. The van der Waals surface area contributed by atoms with Crippen LogP contribution in [-0.2, 0) is 10.1 Å². The van der Waals surface area contributed by atoms with Crippen molar-refractivity contribution in [2.75, 3.05) is 5.32 Å². The number of aliphatic imine (C=N–C) groups is 1. The Morgan fingerprint density at radius 1 is 0.886 bits per heavy atom. The van der Waals surface area contributed by atoms with Gasteiger partial charge in [0.2, 0.25) is 0 Å². The van der Waals surface area contributed by atoms with Crippen molar-refractivity contribution in [3.8, 4) is 5.75 Å². The van der Waals surface area contributed by atoms with Gasteiger partial charge in [-0.2, -0.15) is 8.42 Å². The highest BCUT2D eigenvalue weighted by Gasteiger charge is 2.42. The summed E-state index contributed by atoms with van der Waals surface area (Å²) < 4.78 is 42.3. The van der Waals surface area contributed by atoms with E-state index in [0.717, 1.165) is 51.5 Å². The summed E-state index contributed by atoms with van der Waals surface area (Å²) in [6, 6.07) is 18.7. The van der Waals surface area contributed by atoms with Gasteiger partial charge in [-0.25, -0.2) is 0 Å². The predicted molar refractivity (Wildman–Crippen MR) is 178 cm³/mol. The summed E-state index contributed by atoms with van der Waals surface area (Å²) in [5.74, 6) is 0.630. The maximum atomic E-state index is 12.6. The largest absolute Gasteiger partial charge is 0.482 e. The predicted octanol–water partition coefficient (Wildman–Crippen LogP) is 8.91. The molecule has 2 aliphatic carbocycles. The van der Waals surface area contributed by atoms with Gasteiger partial charge in [0.1, 0.15) is 16.2 Å². The first-order valence-corrected chi connectivity index (χ1v) is 16.3. The number of allylic oxidation sites excluding steroid dienone is 5. The van der Waals surface area contributed by atoms with Crippen LogP contribution in [0.15, 0.2) is 112 Å². The molecule has 1 aliphatic heterocycles. The lowest BCUT2D eigenvalue weighted by Gasteiger charge is -2.41. The molecule has 1 heterocycles. The Morgan fingerprint density at radius 2 is 1.61 bits per heavy atom. The van der Waals surface area contributed by atoms with Gasteiger partial charge < -0.3 is 10.1 Å². The number of anilines is 1. The number of hydrogen-bond acceptors (Lipinski definition) is 5. The van der Waals surface area contributed by atoms with E-state index in [1.54, 1.807) is 18.2 Å². The number of hydrogen-bond donors (Lipinski definition) is 2. The summed E-state index contributed by atoms with van der Waals surface area (Å²) >= 11 is 0. The molecule has 6 rings (SSSR count). The van der Waals surface area contributed by atoms with Crippen LogP contribution in [-0.4, -0.2) is 24.3 Å². The van der Waals surface area contributed by atoms with Crippen LogP contribution in [0.3, 0.4) is 0 Å². The Morgan fingerprint density at radius 3 is 2.32 bits per heavy atom. The third kappa shape index (κ3) is 5.35. The average Bonchev–Trinajstić information content (AvgIpc) is 2.95. The van der Waals surface area contributed by atoms with Gasteiger partial charge in [0.15, 0.2) is 0 Å². The lowest BCUT2D eigenvalue weighted by atomic mass is 9.76. The third-order valence-electron chi connectivity index (χ3n) is 8.85. The first-order chi connectivity index (χ1) is 20.8. The average molecular weight is 607 g/mol. The molecule has 1 unspecified atom stereocenters. The molecule has 3 aromatic carbocycles. The summed E-state index contributed by atoms with van der Waals surface area (Å²) in [4.78, 5) is 4.91. The minimum atomic E-state index is -4.50. The molecule has 0 amide bonds. The maximum absolute atomic E-state index is 12.6. The molecule has 7 heteroatoms. The van der Waals surface area contributed by atoms with E-state index < -0.39 is 15.7 Å². The Balaban J connectivity index is 1.53. The standard InChI is InChI=1S/C37H38N2O4S/c1-23-11-9-12-24(2)34(23)38-27-17-19-30-33(29-14-7-8-15-32(29)44(40,41)42)28-18-16-26(21-31(28)43-37(30,6)22-27)39-35-25(3)13-10-20-36(35,4)5/h7-19,21,39H,20,22H2,1-6H3,(H,40,41,42). The summed E-state index contributed by atoms with van der Waals surface area (Å²) in [5.41, 5.74) is 9.04. The third-order valence-corrected chi connectivity index (χ3v) is 9.76. The van der Waals surface area contributed by atoms with Crippen molar-refractivity contribution in [2.45, 2.75) is 64.9 Å². The molecular weight excluding hydrogens is 568 g/mol. The molecule has 0 bridgehead atoms. The lowest BCUT2D eigenvalue weighted by Crippen LogP contribution is -2.41. The zero-order valence-electron chi connectivity index (χ0n) is 26.0. The van der Waals surface area contributed by atoms with E-state index in [1.165, 1.54) is 11.6 Å².